The van der Waals surface area contributed by atoms with Crippen LogP contribution in [-0.2, 0) is 6.42 Å². The largest absolute Gasteiger partial charge is 0.207 e. The Morgan fingerprint density at radius 1 is 1.27 bits per heavy atom. The Kier molecular flexibility index (Phi) is 4.78. The molecule has 0 aliphatic carbocycles. The van der Waals surface area contributed by atoms with Gasteiger partial charge in [0.05, 0.1) is 0 Å². The quantitative estimate of drug-likeness (QED) is 0.709. The molecule has 0 heterocycles. The Balaban J connectivity index is 2.57. The fourth-order valence-corrected chi connectivity index (χ4v) is 1.82. The molecule has 0 amide bonds. The summed E-state index contributed by atoms with van der Waals surface area (Å²) in [5, 5.41) is 0. The van der Waals surface area contributed by atoms with E-state index >= 15 is 0 Å². The molecule has 84 valence electrons. The van der Waals surface area contributed by atoms with E-state index in [9.17, 15) is 4.39 Å². The van der Waals surface area contributed by atoms with Gasteiger partial charge in [0.1, 0.15) is 5.82 Å². The second-order valence-corrected chi connectivity index (χ2v) is 5.61. The van der Waals surface area contributed by atoms with Crippen molar-refractivity contribution in [2.45, 2.75) is 38.4 Å². The van der Waals surface area contributed by atoms with Crippen LogP contribution in [0.15, 0.2) is 18.2 Å². The zero-order valence-corrected chi connectivity index (χ0v) is 11.1. The third kappa shape index (κ3) is 4.33. The minimum Gasteiger partial charge on any atom is -0.207 e. The molecule has 1 aromatic carbocycles. The van der Waals surface area contributed by atoms with E-state index in [2.05, 4.69) is 35.8 Å². The van der Waals surface area contributed by atoms with Crippen LogP contribution in [0.3, 0.4) is 0 Å². The molecule has 0 fully saturated rings. The first-order valence-corrected chi connectivity index (χ1v) is 6.30. The molecule has 0 aliphatic rings. The molecule has 0 aromatic heterocycles. The number of halogens is 2. The van der Waals surface area contributed by atoms with Gasteiger partial charge in [0.25, 0.3) is 0 Å². The molecule has 2 heteroatoms. The number of rotatable bonds is 4. The third-order valence-electron chi connectivity index (χ3n) is 2.53. The number of benzene rings is 1. The minimum atomic E-state index is -0.124. The summed E-state index contributed by atoms with van der Waals surface area (Å²) in [7, 11) is 0. The van der Waals surface area contributed by atoms with Crippen molar-refractivity contribution in [2.24, 2.45) is 5.92 Å². The van der Waals surface area contributed by atoms with Gasteiger partial charge in [-0.25, -0.2) is 4.39 Å². The zero-order valence-electron chi connectivity index (χ0n) is 9.56. The lowest BCUT2D eigenvalue weighted by Gasteiger charge is -2.13. The predicted molar refractivity (Wildman–Crippen MR) is 67.0 cm³/mol. The number of aryl methyl sites for hydroxylation is 2. The lowest BCUT2D eigenvalue weighted by molar-refractivity contribution is 0.579. The van der Waals surface area contributed by atoms with Crippen molar-refractivity contribution in [1.82, 2.24) is 0 Å². The first-order valence-electron chi connectivity index (χ1n) is 5.39. The molecular weight excluding hydrogens is 255 g/mol. The Labute approximate surface area is 100 Å². The van der Waals surface area contributed by atoms with Crippen LogP contribution in [0.2, 0.25) is 0 Å². The first-order chi connectivity index (χ1) is 6.99. The topological polar surface area (TPSA) is 0 Å². The lowest BCUT2D eigenvalue weighted by Crippen LogP contribution is -2.08. The van der Waals surface area contributed by atoms with Gasteiger partial charge in [-0.15, -0.1) is 0 Å². The summed E-state index contributed by atoms with van der Waals surface area (Å²) in [5.41, 5.74) is 2.10. The first kappa shape index (κ1) is 12.7. The van der Waals surface area contributed by atoms with Crippen LogP contribution >= 0.6 is 15.9 Å². The summed E-state index contributed by atoms with van der Waals surface area (Å²) >= 11 is 3.64. The molecule has 0 N–H and O–H groups in total. The SMILES string of the molecule is Cc1cc(F)cc(CCC(Br)C(C)C)c1. The van der Waals surface area contributed by atoms with E-state index in [0.29, 0.717) is 10.7 Å². The van der Waals surface area contributed by atoms with E-state index in [4.69, 9.17) is 0 Å². The van der Waals surface area contributed by atoms with Crippen LogP contribution < -0.4 is 0 Å². The number of alkyl halides is 1. The maximum Gasteiger partial charge on any atom is 0.123 e. The summed E-state index contributed by atoms with van der Waals surface area (Å²) < 4.78 is 13.1. The summed E-state index contributed by atoms with van der Waals surface area (Å²) in [6.45, 7) is 6.31. The van der Waals surface area contributed by atoms with E-state index in [0.717, 1.165) is 24.0 Å². The molecule has 0 nitrogen and oxygen atoms in total. The van der Waals surface area contributed by atoms with Gasteiger partial charge in [-0.3, -0.25) is 0 Å². The zero-order chi connectivity index (χ0) is 11.4. The molecular formula is C13H18BrF. The van der Waals surface area contributed by atoms with Crippen molar-refractivity contribution < 1.29 is 4.39 Å². The monoisotopic (exact) mass is 272 g/mol. The van der Waals surface area contributed by atoms with Crippen molar-refractivity contribution in [1.29, 1.82) is 0 Å². The number of hydrogen-bond donors (Lipinski definition) is 0. The van der Waals surface area contributed by atoms with Crippen LogP contribution in [-0.4, -0.2) is 4.83 Å². The molecule has 0 spiro atoms. The number of hydrogen-bond acceptors (Lipinski definition) is 0. The molecule has 1 atom stereocenters. The highest BCUT2D eigenvalue weighted by molar-refractivity contribution is 9.09. The standard InChI is InChI=1S/C13H18BrF/c1-9(2)13(14)5-4-11-6-10(3)7-12(15)8-11/h6-9,13H,4-5H2,1-3H3. The van der Waals surface area contributed by atoms with Crippen LogP contribution in [0, 0.1) is 18.7 Å². The van der Waals surface area contributed by atoms with Crippen molar-refractivity contribution in [3.05, 3.63) is 35.1 Å². The summed E-state index contributed by atoms with van der Waals surface area (Å²) in [5.74, 6) is 0.500. The van der Waals surface area contributed by atoms with Crippen LogP contribution in [0.4, 0.5) is 4.39 Å². The Morgan fingerprint density at radius 2 is 1.93 bits per heavy atom. The van der Waals surface area contributed by atoms with Crippen molar-refractivity contribution >= 4 is 15.9 Å². The molecule has 0 aliphatic heterocycles. The smallest absolute Gasteiger partial charge is 0.123 e. The maximum absolute atomic E-state index is 13.1. The summed E-state index contributed by atoms with van der Waals surface area (Å²) in [4.78, 5) is 0.515. The van der Waals surface area contributed by atoms with Gasteiger partial charge in [-0.05, 0) is 48.9 Å². The molecule has 15 heavy (non-hydrogen) atoms. The van der Waals surface area contributed by atoms with E-state index in [1.54, 1.807) is 12.1 Å². The van der Waals surface area contributed by atoms with E-state index < -0.39 is 0 Å². The molecule has 0 bridgehead atoms. The van der Waals surface area contributed by atoms with Gasteiger partial charge in [-0.1, -0.05) is 35.8 Å². The van der Waals surface area contributed by atoms with Crippen molar-refractivity contribution in [2.75, 3.05) is 0 Å². The molecule has 0 saturated carbocycles. The van der Waals surface area contributed by atoms with Crippen LogP contribution in [0.5, 0.6) is 0 Å². The third-order valence-corrected chi connectivity index (χ3v) is 4.05. The molecule has 1 unspecified atom stereocenters. The average Bonchev–Trinajstić information content (AvgIpc) is 2.12. The highest BCUT2D eigenvalue weighted by Gasteiger charge is 2.09. The Bertz CT molecular complexity index is 300. The Morgan fingerprint density at radius 3 is 2.47 bits per heavy atom. The second kappa shape index (κ2) is 5.64. The maximum atomic E-state index is 13.1. The molecule has 1 aromatic rings. The van der Waals surface area contributed by atoms with E-state index in [1.807, 2.05) is 6.92 Å². The van der Waals surface area contributed by atoms with E-state index in [-0.39, 0.29) is 5.82 Å². The molecule has 1 rings (SSSR count). The molecule has 0 saturated heterocycles. The highest BCUT2D eigenvalue weighted by Crippen LogP contribution is 2.19. The lowest BCUT2D eigenvalue weighted by atomic mass is 10.0. The van der Waals surface area contributed by atoms with Gasteiger partial charge in [0, 0.05) is 4.83 Å². The second-order valence-electron chi connectivity index (χ2n) is 4.44. The van der Waals surface area contributed by atoms with Gasteiger partial charge in [0.15, 0.2) is 0 Å². The predicted octanol–water partition coefficient (Wildman–Crippen LogP) is 4.49. The highest BCUT2D eigenvalue weighted by atomic mass is 79.9. The summed E-state index contributed by atoms with van der Waals surface area (Å²) in [6.07, 6.45) is 1.99. The van der Waals surface area contributed by atoms with Gasteiger partial charge in [0.2, 0.25) is 0 Å². The van der Waals surface area contributed by atoms with Gasteiger partial charge >= 0.3 is 0 Å². The van der Waals surface area contributed by atoms with Crippen molar-refractivity contribution in [3.63, 3.8) is 0 Å². The van der Waals surface area contributed by atoms with Crippen LogP contribution in [0.1, 0.15) is 31.4 Å². The van der Waals surface area contributed by atoms with Gasteiger partial charge in [-0.2, -0.15) is 0 Å². The summed E-state index contributed by atoms with van der Waals surface area (Å²) in [6, 6.07) is 5.26. The normalized spacial score (nSPS) is 13.2. The molecule has 0 radical (unpaired) electrons. The average molecular weight is 273 g/mol. The van der Waals surface area contributed by atoms with E-state index in [1.165, 1.54) is 0 Å². The minimum absolute atomic E-state index is 0.124. The Hall–Kier alpha value is -0.370. The fraction of sp³-hybridized carbons (Fsp3) is 0.538. The van der Waals surface area contributed by atoms with Crippen molar-refractivity contribution in [3.8, 4) is 0 Å². The van der Waals surface area contributed by atoms with Crippen LogP contribution in [0.25, 0.3) is 0 Å². The fourth-order valence-electron chi connectivity index (χ4n) is 1.59. The van der Waals surface area contributed by atoms with Gasteiger partial charge < -0.3 is 0 Å².